The van der Waals surface area contributed by atoms with Gasteiger partial charge in [0.25, 0.3) is 0 Å². The number of hydrogen-bond acceptors (Lipinski definition) is 3. The molecule has 4 nitrogen and oxygen atoms in total. The maximum absolute atomic E-state index is 10.9. The van der Waals surface area contributed by atoms with Crippen LogP contribution >= 0.6 is 0 Å². The van der Waals surface area contributed by atoms with Crippen LogP contribution in [0.3, 0.4) is 0 Å². The summed E-state index contributed by atoms with van der Waals surface area (Å²) in [5, 5.41) is 9.00. The molecule has 1 aliphatic heterocycles. The number of likely N-dealkylation sites (tertiary alicyclic amines) is 1. The van der Waals surface area contributed by atoms with Crippen molar-refractivity contribution in [3.63, 3.8) is 0 Å². The molecule has 0 bridgehead atoms. The number of aliphatic carboxylic acids is 1. The average Bonchev–Trinajstić information content (AvgIpc) is 2.39. The van der Waals surface area contributed by atoms with Crippen LogP contribution in [-0.4, -0.2) is 33.5 Å². The molecule has 1 aromatic rings. The Balaban J connectivity index is 2.11. The summed E-state index contributed by atoms with van der Waals surface area (Å²) in [6.07, 6.45) is 7.15. The predicted molar refractivity (Wildman–Crippen MR) is 69.2 cm³/mol. The van der Waals surface area contributed by atoms with Crippen LogP contribution in [0.1, 0.15) is 44.2 Å². The molecule has 98 valence electrons. The number of carbonyl (C=O) groups is 1. The van der Waals surface area contributed by atoms with Crippen LogP contribution in [0.15, 0.2) is 24.5 Å². The van der Waals surface area contributed by atoms with Gasteiger partial charge in [-0.2, -0.15) is 0 Å². The largest absolute Gasteiger partial charge is 0.481 e. The molecule has 2 unspecified atom stereocenters. The first-order valence-corrected chi connectivity index (χ1v) is 6.56. The van der Waals surface area contributed by atoms with Gasteiger partial charge in [0.2, 0.25) is 0 Å². The molecule has 0 aromatic carbocycles. The van der Waals surface area contributed by atoms with Crippen molar-refractivity contribution in [3.05, 3.63) is 30.1 Å². The SMILES string of the molecule is CC(c1cccnc1)N1CCCCC1CC(=O)O. The molecule has 0 radical (unpaired) electrons. The average molecular weight is 248 g/mol. The molecule has 1 saturated heterocycles. The number of pyridine rings is 1. The number of rotatable bonds is 4. The first-order valence-electron chi connectivity index (χ1n) is 6.56. The van der Waals surface area contributed by atoms with Crippen LogP contribution < -0.4 is 0 Å². The van der Waals surface area contributed by atoms with Gasteiger partial charge in [0, 0.05) is 24.5 Å². The fraction of sp³-hybridized carbons (Fsp3) is 0.571. The highest BCUT2D eigenvalue weighted by Crippen LogP contribution is 2.29. The van der Waals surface area contributed by atoms with Crippen LogP contribution in [0.5, 0.6) is 0 Å². The summed E-state index contributed by atoms with van der Waals surface area (Å²) in [5.74, 6) is -0.703. The summed E-state index contributed by atoms with van der Waals surface area (Å²) in [6.45, 7) is 3.12. The Labute approximate surface area is 108 Å². The van der Waals surface area contributed by atoms with Gasteiger partial charge < -0.3 is 5.11 Å². The number of carboxylic acid groups (broad SMARTS) is 1. The Morgan fingerprint density at radius 3 is 3.11 bits per heavy atom. The van der Waals surface area contributed by atoms with Crippen molar-refractivity contribution < 1.29 is 9.90 Å². The minimum Gasteiger partial charge on any atom is -0.481 e. The van der Waals surface area contributed by atoms with E-state index in [9.17, 15) is 4.79 Å². The highest BCUT2D eigenvalue weighted by molar-refractivity contribution is 5.67. The van der Waals surface area contributed by atoms with Crippen molar-refractivity contribution in [2.24, 2.45) is 0 Å². The van der Waals surface area contributed by atoms with Crippen LogP contribution in [0.25, 0.3) is 0 Å². The first kappa shape index (κ1) is 13.0. The third-order valence-corrected chi connectivity index (χ3v) is 3.75. The molecule has 18 heavy (non-hydrogen) atoms. The molecule has 0 amide bonds. The monoisotopic (exact) mass is 248 g/mol. The maximum Gasteiger partial charge on any atom is 0.304 e. The second-order valence-electron chi connectivity index (χ2n) is 4.95. The minimum absolute atomic E-state index is 0.159. The van der Waals surface area contributed by atoms with Crippen LogP contribution in [0.4, 0.5) is 0 Å². The zero-order valence-corrected chi connectivity index (χ0v) is 10.7. The second kappa shape index (κ2) is 5.96. The van der Waals surface area contributed by atoms with Gasteiger partial charge in [-0.15, -0.1) is 0 Å². The van der Waals surface area contributed by atoms with Crippen molar-refractivity contribution in [1.29, 1.82) is 0 Å². The molecule has 1 fully saturated rings. The van der Waals surface area contributed by atoms with Crippen molar-refractivity contribution >= 4 is 5.97 Å². The Morgan fingerprint density at radius 2 is 2.44 bits per heavy atom. The Bertz CT molecular complexity index is 394. The van der Waals surface area contributed by atoms with Crippen LogP contribution in [-0.2, 0) is 4.79 Å². The predicted octanol–water partition coefficient (Wildman–Crippen LogP) is 2.47. The number of piperidine rings is 1. The van der Waals surface area contributed by atoms with Crippen molar-refractivity contribution in [1.82, 2.24) is 9.88 Å². The standard InChI is InChI=1S/C14H20N2O2/c1-11(12-5-4-7-15-10-12)16-8-3-2-6-13(16)9-14(17)18/h4-5,7,10-11,13H,2-3,6,8-9H2,1H3,(H,17,18). The van der Waals surface area contributed by atoms with Gasteiger partial charge in [-0.05, 0) is 37.9 Å². The molecule has 2 atom stereocenters. The van der Waals surface area contributed by atoms with E-state index in [1.807, 2.05) is 12.3 Å². The zero-order chi connectivity index (χ0) is 13.0. The molecule has 0 aliphatic carbocycles. The summed E-state index contributed by atoms with van der Waals surface area (Å²) in [7, 11) is 0. The van der Waals surface area contributed by atoms with Gasteiger partial charge in [-0.3, -0.25) is 14.7 Å². The smallest absolute Gasteiger partial charge is 0.304 e. The normalized spacial score (nSPS) is 22.6. The fourth-order valence-electron chi connectivity index (χ4n) is 2.77. The van der Waals surface area contributed by atoms with E-state index in [2.05, 4.69) is 22.9 Å². The third kappa shape index (κ3) is 3.07. The van der Waals surface area contributed by atoms with Gasteiger partial charge in [-0.1, -0.05) is 12.5 Å². The van der Waals surface area contributed by atoms with E-state index in [1.54, 1.807) is 6.20 Å². The Kier molecular flexibility index (Phi) is 4.31. The topological polar surface area (TPSA) is 53.4 Å². The Hall–Kier alpha value is -1.42. The molecule has 1 aliphatic rings. The second-order valence-corrected chi connectivity index (χ2v) is 4.95. The molecule has 0 spiro atoms. The van der Waals surface area contributed by atoms with E-state index in [1.165, 1.54) is 0 Å². The summed E-state index contributed by atoms with van der Waals surface area (Å²) in [6, 6.07) is 4.39. The quantitative estimate of drug-likeness (QED) is 0.889. The van der Waals surface area contributed by atoms with Crippen molar-refractivity contribution in [3.8, 4) is 0 Å². The molecule has 1 aromatic heterocycles. The summed E-state index contributed by atoms with van der Waals surface area (Å²) >= 11 is 0. The first-order chi connectivity index (χ1) is 8.68. The van der Waals surface area contributed by atoms with E-state index in [-0.39, 0.29) is 18.5 Å². The highest BCUT2D eigenvalue weighted by Gasteiger charge is 2.28. The van der Waals surface area contributed by atoms with Crippen molar-refractivity contribution in [2.75, 3.05) is 6.54 Å². The van der Waals surface area contributed by atoms with Gasteiger partial charge in [0.1, 0.15) is 0 Å². The zero-order valence-electron chi connectivity index (χ0n) is 10.7. The van der Waals surface area contributed by atoms with Crippen LogP contribution in [0.2, 0.25) is 0 Å². The van der Waals surface area contributed by atoms with E-state index in [0.717, 1.165) is 31.4 Å². The fourth-order valence-corrected chi connectivity index (χ4v) is 2.77. The summed E-state index contributed by atoms with van der Waals surface area (Å²) in [5.41, 5.74) is 1.16. The third-order valence-electron chi connectivity index (χ3n) is 3.75. The van der Waals surface area contributed by atoms with Gasteiger partial charge in [-0.25, -0.2) is 0 Å². The number of carboxylic acids is 1. The van der Waals surface area contributed by atoms with Gasteiger partial charge in [0.05, 0.1) is 6.42 Å². The van der Waals surface area contributed by atoms with Gasteiger partial charge in [0.15, 0.2) is 0 Å². The number of hydrogen-bond donors (Lipinski definition) is 1. The lowest BCUT2D eigenvalue weighted by Gasteiger charge is -2.39. The number of aromatic nitrogens is 1. The lowest BCUT2D eigenvalue weighted by molar-refractivity contribution is -0.139. The molecular weight excluding hydrogens is 228 g/mol. The van der Waals surface area contributed by atoms with Crippen molar-refractivity contribution in [2.45, 2.75) is 44.7 Å². The molecule has 4 heteroatoms. The summed E-state index contributed by atoms with van der Waals surface area (Å²) < 4.78 is 0. The minimum atomic E-state index is -0.703. The molecule has 1 N–H and O–H groups in total. The van der Waals surface area contributed by atoms with Gasteiger partial charge >= 0.3 is 5.97 Å². The van der Waals surface area contributed by atoms with E-state index in [0.29, 0.717) is 0 Å². The Morgan fingerprint density at radius 1 is 1.61 bits per heavy atom. The molecule has 2 rings (SSSR count). The lowest BCUT2D eigenvalue weighted by atomic mass is 9.95. The number of nitrogens with zero attached hydrogens (tertiary/aromatic N) is 2. The van der Waals surface area contributed by atoms with E-state index in [4.69, 9.17) is 5.11 Å². The summed E-state index contributed by atoms with van der Waals surface area (Å²) in [4.78, 5) is 17.4. The van der Waals surface area contributed by atoms with E-state index >= 15 is 0 Å². The molecular formula is C14H20N2O2. The maximum atomic E-state index is 10.9. The molecule has 2 heterocycles. The van der Waals surface area contributed by atoms with E-state index < -0.39 is 5.97 Å². The lowest BCUT2D eigenvalue weighted by Crippen LogP contribution is -2.42. The molecule has 0 saturated carbocycles. The van der Waals surface area contributed by atoms with Crippen LogP contribution in [0, 0.1) is 0 Å². The highest BCUT2D eigenvalue weighted by atomic mass is 16.4.